The van der Waals surface area contributed by atoms with Gasteiger partial charge in [0, 0.05) is 11.8 Å². The molecular weight excluding hydrogens is 258 g/mol. The molecule has 0 aliphatic carbocycles. The second kappa shape index (κ2) is 5.65. The summed E-state index contributed by atoms with van der Waals surface area (Å²) in [7, 11) is 0. The Labute approximate surface area is 114 Å². The molecule has 0 radical (unpaired) electrons. The van der Waals surface area contributed by atoms with Crippen LogP contribution in [0.4, 0.5) is 11.8 Å². The van der Waals surface area contributed by atoms with E-state index in [1.807, 2.05) is 0 Å². The van der Waals surface area contributed by atoms with E-state index in [1.54, 1.807) is 12.3 Å². The van der Waals surface area contributed by atoms with Crippen molar-refractivity contribution >= 4 is 28.8 Å². The summed E-state index contributed by atoms with van der Waals surface area (Å²) in [6.07, 6.45) is 7.58. The zero-order valence-electron chi connectivity index (χ0n) is 10.5. The highest BCUT2D eigenvalue weighted by molar-refractivity contribution is 5.95. The Hall–Kier alpha value is -3.16. The predicted octanol–water partition coefficient (Wildman–Crippen LogP) is 0.458. The molecule has 0 fully saturated rings. The number of hydrogen-bond donors (Lipinski definition) is 4. The molecule has 0 bridgehead atoms. The lowest BCUT2D eigenvalue weighted by atomic mass is 10.2. The van der Waals surface area contributed by atoms with Crippen molar-refractivity contribution in [3.63, 3.8) is 0 Å². The van der Waals surface area contributed by atoms with E-state index in [4.69, 9.17) is 11.5 Å². The monoisotopic (exact) mass is 271 g/mol. The molecule has 6 N–H and O–H groups in total. The van der Waals surface area contributed by atoms with Crippen molar-refractivity contribution in [3.05, 3.63) is 42.9 Å². The first-order chi connectivity index (χ1) is 9.61. The number of imidazole rings is 1. The third-order valence-corrected chi connectivity index (χ3v) is 2.40. The SMILES string of the molecule is C=CC(=CC=CNc1nc(N)nc2nc[nH]c12)C(N)=O. The Morgan fingerprint density at radius 3 is 2.95 bits per heavy atom. The molecule has 0 saturated heterocycles. The number of nitrogens with two attached hydrogens (primary N) is 2. The van der Waals surface area contributed by atoms with Crippen LogP contribution in [-0.2, 0) is 4.79 Å². The molecule has 8 nitrogen and oxygen atoms in total. The van der Waals surface area contributed by atoms with Gasteiger partial charge in [0.25, 0.3) is 0 Å². The normalized spacial score (nSPS) is 11.9. The maximum atomic E-state index is 11.0. The van der Waals surface area contributed by atoms with Gasteiger partial charge in [-0.2, -0.15) is 9.97 Å². The molecule has 8 heteroatoms. The van der Waals surface area contributed by atoms with Gasteiger partial charge in [0.1, 0.15) is 5.52 Å². The molecule has 2 aromatic heterocycles. The van der Waals surface area contributed by atoms with Crippen LogP contribution in [-0.4, -0.2) is 25.8 Å². The average molecular weight is 271 g/mol. The molecule has 20 heavy (non-hydrogen) atoms. The Kier molecular flexibility index (Phi) is 3.75. The number of nitrogens with one attached hydrogen (secondary N) is 2. The minimum atomic E-state index is -0.549. The number of anilines is 2. The number of rotatable bonds is 5. The Morgan fingerprint density at radius 1 is 1.45 bits per heavy atom. The number of primary amides is 1. The lowest BCUT2D eigenvalue weighted by molar-refractivity contribution is -0.114. The first kappa shape index (κ1) is 13.3. The summed E-state index contributed by atoms with van der Waals surface area (Å²) in [4.78, 5) is 25.9. The first-order valence-electron chi connectivity index (χ1n) is 5.64. The summed E-state index contributed by atoms with van der Waals surface area (Å²) in [6.45, 7) is 3.49. The van der Waals surface area contributed by atoms with Crippen LogP contribution in [0, 0.1) is 0 Å². The lowest BCUT2D eigenvalue weighted by Gasteiger charge is -2.01. The molecule has 102 valence electrons. The molecule has 2 aromatic rings. The van der Waals surface area contributed by atoms with Gasteiger partial charge in [-0.1, -0.05) is 12.7 Å². The highest BCUT2D eigenvalue weighted by Crippen LogP contribution is 2.16. The van der Waals surface area contributed by atoms with Crippen molar-refractivity contribution in [2.75, 3.05) is 11.1 Å². The number of nitrogens with zero attached hydrogens (tertiary/aromatic N) is 3. The molecule has 0 unspecified atom stereocenters. The van der Waals surface area contributed by atoms with E-state index in [1.165, 1.54) is 18.5 Å². The zero-order chi connectivity index (χ0) is 14.5. The molecule has 2 heterocycles. The van der Waals surface area contributed by atoms with E-state index in [-0.39, 0.29) is 5.95 Å². The molecule has 0 spiro atoms. The van der Waals surface area contributed by atoms with Gasteiger partial charge >= 0.3 is 0 Å². The molecular formula is C12H13N7O. The minimum Gasteiger partial charge on any atom is -0.368 e. The van der Waals surface area contributed by atoms with Gasteiger partial charge in [0.2, 0.25) is 11.9 Å². The van der Waals surface area contributed by atoms with E-state index < -0.39 is 5.91 Å². The summed E-state index contributed by atoms with van der Waals surface area (Å²) in [5, 5.41) is 2.92. The minimum absolute atomic E-state index is 0.111. The number of allylic oxidation sites excluding steroid dienone is 2. The summed E-state index contributed by atoms with van der Waals surface area (Å²) in [5.41, 5.74) is 12.1. The van der Waals surface area contributed by atoms with Gasteiger partial charge in [0.05, 0.1) is 6.33 Å². The van der Waals surface area contributed by atoms with E-state index in [9.17, 15) is 4.79 Å². The van der Waals surface area contributed by atoms with Crippen LogP contribution in [0.5, 0.6) is 0 Å². The highest BCUT2D eigenvalue weighted by atomic mass is 16.1. The molecule has 0 aromatic carbocycles. The Balaban J connectivity index is 2.19. The summed E-state index contributed by atoms with van der Waals surface area (Å²) in [6, 6.07) is 0. The third kappa shape index (κ3) is 2.80. The molecule has 2 rings (SSSR count). The molecule has 0 aliphatic rings. The van der Waals surface area contributed by atoms with Crippen LogP contribution in [0.25, 0.3) is 11.2 Å². The number of aromatic nitrogens is 4. The smallest absolute Gasteiger partial charge is 0.248 e. The Bertz CT molecular complexity index is 714. The number of hydrogen-bond acceptors (Lipinski definition) is 6. The van der Waals surface area contributed by atoms with E-state index in [0.717, 1.165) is 0 Å². The van der Waals surface area contributed by atoms with Crippen molar-refractivity contribution in [2.45, 2.75) is 0 Å². The van der Waals surface area contributed by atoms with Gasteiger partial charge < -0.3 is 21.8 Å². The fourth-order valence-corrected chi connectivity index (χ4v) is 1.48. The maximum Gasteiger partial charge on any atom is 0.248 e. The van der Waals surface area contributed by atoms with E-state index in [0.29, 0.717) is 22.6 Å². The van der Waals surface area contributed by atoms with Crippen LogP contribution in [0.3, 0.4) is 0 Å². The number of fused-ring (bicyclic) bond motifs is 1. The number of nitrogen functional groups attached to an aromatic ring is 1. The van der Waals surface area contributed by atoms with Crippen LogP contribution in [0.2, 0.25) is 0 Å². The quantitative estimate of drug-likeness (QED) is 0.460. The maximum absolute atomic E-state index is 11.0. The van der Waals surface area contributed by atoms with Gasteiger partial charge in [-0.3, -0.25) is 4.79 Å². The number of amides is 1. The van der Waals surface area contributed by atoms with Gasteiger partial charge in [-0.05, 0) is 12.2 Å². The second-order valence-electron chi connectivity index (χ2n) is 3.73. The van der Waals surface area contributed by atoms with E-state index >= 15 is 0 Å². The largest absolute Gasteiger partial charge is 0.368 e. The summed E-state index contributed by atoms with van der Waals surface area (Å²) >= 11 is 0. The van der Waals surface area contributed by atoms with Crippen molar-refractivity contribution < 1.29 is 4.79 Å². The summed E-state index contributed by atoms with van der Waals surface area (Å²) < 4.78 is 0. The molecule has 0 saturated carbocycles. The molecule has 0 atom stereocenters. The average Bonchev–Trinajstić information content (AvgIpc) is 2.86. The first-order valence-corrected chi connectivity index (χ1v) is 5.64. The van der Waals surface area contributed by atoms with Crippen molar-refractivity contribution in [1.29, 1.82) is 0 Å². The summed E-state index contributed by atoms with van der Waals surface area (Å²) in [5.74, 6) is 0.0423. The topological polar surface area (TPSA) is 136 Å². The second-order valence-corrected chi connectivity index (χ2v) is 3.73. The number of carbonyl (C=O) groups is 1. The van der Waals surface area contributed by atoms with Crippen LogP contribution >= 0.6 is 0 Å². The van der Waals surface area contributed by atoms with Gasteiger partial charge in [-0.25, -0.2) is 4.98 Å². The highest BCUT2D eigenvalue weighted by Gasteiger charge is 2.06. The number of aromatic amines is 1. The fourth-order valence-electron chi connectivity index (χ4n) is 1.48. The van der Waals surface area contributed by atoms with Crippen LogP contribution < -0.4 is 16.8 Å². The fraction of sp³-hybridized carbons (Fsp3) is 0. The van der Waals surface area contributed by atoms with Gasteiger partial charge in [-0.15, -0.1) is 0 Å². The zero-order valence-corrected chi connectivity index (χ0v) is 10.5. The van der Waals surface area contributed by atoms with Crippen LogP contribution in [0.1, 0.15) is 0 Å². The lowest BCUT2D eigenvalue weighted by Crippen LogP contribution is -2.11. The number of H-pyrrole nitrogens is 1. The van der Waals surface area contributed by atoms with Crippen LogP contribution in [0.15, 0.2) is 42.9 Å². The predicted molar refractivity (Wildman–Crippen MR) is 76.3 cm³/mol. The van der Waals surface area contributed by atoms with Crippen molar-refractivity contribution in [3.8, 4) is 0 Å². The van der Waals surface area contributed by atoms with Crippen molar-refractivity contribution in [1.82, 2.24) is 19.9 Å². The molecule has 1 amide bonds. The van der Waals surface area contributed by atoms with Gasteiger partial charge in [0.15, 0.2) is 11.5 Å². The Morgan fingerprint density at radius 2 is 2.25 bits per heavy atom. The van der Waals surface area contributed by atoms with Crippen molar-refractivity contribution in [2.24, 2.45) is 5.73 Å². The molecule has 0 aliphatic heterocycles. The van der Waals surface area contributed by atoms with E-state index in [2.05, 4.69) is 31.8 Å². The third-order valence-electron chi connectivity index (χ3n) is 2.40. The standard InChI is InChI=1S/C12H13N7O/c1-2-7(9(13)20)4-3-5-15-10-8-11(17-6-16-8)19-12(14)18-10/h2-6H,1H2,(H2,13,20)(H4,14,15,16,17,18,19). The number of carbonyl (C=O) groups excluding carboxylic acids is 1.